The molecule has 0 aliphatic carbocycles. The fourth-order valence-electron chi connectivity index (χ4n) is 1.65. The molecule has 0 radical (unpaired) electrons. The van der Waals surface area contributed by atoms with Crippen LogP contribution in [0.4, 0.5) is 10.5 Å². The Hall–Kier alpha value is -2.83. The van der Waals surface area contributed by atoms with E-state index in [2.05, 4.69) is 15.7 Å². The van der Waals surface area contributed by atoms with Crippen molar-refractivity contribution in [2.45, 2.75) is 6.54 Å². The Morgan fingerprint density at radius 2 is 2.15 bits per heavy atom. The summed E-state index contributed by atoms with van der Waals surface area (Å²) in [5.74, 6) is -1.04. The van der Waals surface area contributed by atoms with Gasteiger partial charge < -0.3 is 15.7 Å². The lowest BCUT2D eigenvalue weighted by atomic mass is 10.2. The van der Waals surface area contributed by atoms with Gasteiger partial charge in [0.25, 0.3) is 0 Å². The molecule has 0 spiro atoms. The first-order valence-corrected chi connectivity index (χ1v) is 5.91. The summed E-state index contributed by atoms with van der Waals surface area (Å²) in [6, 6.07) is 7.43. The first kappa shape index (κ1) is 13.6. The lowest BCUT2D eigenvalue weighted by molar-refractivity contribution is 0.0697. The molecule has 2 rings (SSSR count). The summed E-state index contributed by atoms with van der Waals surface area (Å²) in [6.45, 7) is 0.334. The number of benzene rings is 1. The van der Waals surface area contributed by atoms with Crippen LogP contribution in [-0.2, 0) is 13.6 Å². The molecule has 0 atom stereocenters. The summed E-state index contributed by atoms with van der Waals surface area (Å²) in [7, 11) is 1.78. The Kier molecular flexibility index (Phi) is 3.99. The number of nitrogens with one attached hydrogen (secondary N) is 2. The van der Waals surface area contributed by atoms with Crippen molar-refractivity contribution in [3.63, 3.8) is 0 Å². The molecule has 20 heavy (non-hydrogen) atoms. The van der Waals surface area contributed by atoms with Gasteiger partial charge in [-0.2, -0.15) is 5.10 Å². The Labute approximate surface area is 115 Å². The second-order valence-corrected chi connectivity index (χ2v) is 4.14. The van der Waals surface area contributed by atoms with Gasteiger partial charge in [-0.05, 0) is 24.3 Å². The van der Waals surface area contributed by atoms with Gasteiger partial charge in [-0.3, -0.25) is 4.68 Å². The van der Waals surface area contributed by atoms with Crippen LogP contribution in [0.15, 0.2) is 36.5 Å². The molecule has 0 saturated carbocycles. The summed E-state index contributed by atoms with van der Waals surface area (Å²) in [6.07, 6.45) is 1.64. The van der Waals surface area contributed by atoms with E-state index in [0.29, 0.717) is 12.2 Å². The summed E-state index contributed by atoms with van der Waals surface area (Å²) >= 11 is 0. The minimum absolute atomic E-state index is 0.120. The van der Waals surface area contributed by atoms with Crippen LogP contribution in [0.25, 0.3) is 0 Å². The van der Waals surface area contributed by atoms with Gasteiger partial charge >= 0.3 is 12.0 Å². The monoisotopic (exact) mass is 274 g/mol. The molecule has 3 N–H and O–H groups in total. The van der Waals surface area contributed by atoms with Gasteiger partial charge in [0.05, 0.1) is 17.8 Å². The second kappa shape index (κ2) is 5.87. The molecular weight excluding hydrogens is 260 g/mol. The van der Waals surface area contributed by atoms with Gasteiger partial charge in [0.15, 0.2) is 0 Å². The number of carbonyl (C=O) groups excluding carboxylic acids is 1. The van der Waals surface area contributed by atoms with Gasteiger partial charge in [0, 0.05) is 18.9 Å². The molecule has 0 saturated heterocycles. The molecule has 7 heteroatoms. The maximum absolute atomic E-state index is 11.7. The number of rotatable bonds is 4. The molecule has 0 fully saturated rings. The van der Waals surface area contributed by atoms with Crippen molar-refractivity contribution in [2.24, 2.45) is 7.05 Å². The first-order valence-electron chi connectivity index (χ1n) is 5.91. The molecule has 1 heterocycles. The van der Waals surface area contributed by atoms with E-state index in [9.17, 15) is 9.59 Å². The average molecular weight is 274 g/mol. The van der Waals surface area contributed by atoms with Crippen LogP contribution in [0.1, 0.15) is 16.1 Å². The number of hydrogen-bond donors (Lipinski definition) is 3. The average Bonchev–Trinajstić information content (AvgIpc) is 2.82. The summed E-state index contributed by atoms with van der Waals surface area (Å²) < 4.78 is 1.66. The molecule has 1 aromatic carbocycles. The predicted molar refractivity (Wildman–Crippen MR) is 72.5 cm³/mol. The van der Waals surface area contributed by atoms with Gasteiger partial charge in [-0.15, -0.1) is 0 Å². The molecule has 2 aromatic rings. The van der Waals surface area contributed by atoms with E-state index in [0.717, 1.165) is 5.69 Å². The highest BCUT2D eigenvalue weighted by Gasteiger charge is 2.06. The highest BCUT2D eigenvalue weighted by Crippen LogP contribution is 2.10. The molecule has 2 amide bonds. The molecular formula is C13H14N4O3. The highest BCUT2D eigenvalue weighted by atomic mass is 16.4. The number of aromatic nitrogens is 2. The molecule has 7 nitrogen and oxygen atoms in total. The van der Waals surface area contributed by atoms with E-state index in [4.69, 9.17) is 5.11 Å². The predicted octanol–water partition coefficient (Wildman–Crippen LogP) is 1.44. The Morgan fingerprint density at radius 3 is 2.80 bits per heavy atom. The normalized spacial score (nSPS) is 10.1. The first-order chi connectivity index (χ1) is 9.56. The van der Waals surface area contributed by atoms with Crippen molar-refractivity contribution < 1.29 is 14.7 Å². The maximum Gasteiger partial charge on any atom is 0.335 e. The van der Waals surface area contributed by atoms with E-state index in [-0.39, 0.29) is 5.56 Å². The van der Waals surface area contributed by atoms with E-state index in [1.54, 1.807) is 36.1 Å². The van der Waals surface area contributed by atoms with Crippen molar-refractivity contribution in [1.82, 2.24) is 15.1 Å². The number of aromatic carboxylic acids is 1. The quantitative estimate of drug-likeness (QED) is 0.786. The smallest absolute Gasteiger partial charge is 0.335 e. The molecule has 1 aromatic heterocycles. The number of urea groups is 1. The maximum atomic E-state index is 11.7. The Bertz CT molecular complexity index is 636. The number of nitrogens with zero attached hydrogens (tertiary/aromatic N) is 2. The third-order valence-electron chi connectivity index (χ3n) is 2.72. The van der Waals surface area contributed by atoms with Crippen molar-refractivity contribution in [2.75, 3.05) is 5.32 Å². The number of carbonyl (C=O) groups is 2. The summed E-state index contributed by atoms with van der Waals surface area (Å²) in [5, 5.41) is 18.1. The number of aryl methyl sites for hydroxylation is 1. The molecule has 0 bridgehead atoms. The van der Waals surface area contributed by atoms with Crippen LogP contribution in [-0.4, -0.2) is 26.9 Å². The van der Waals surface area contributed by atoms with Gasteiger partial charge in [0.2, 0.25) is 0 Å². The van der Waals surface area contributed by atoms with E-state index < -0.39 is 12.0 Å². The van der Waals surface area contributed by atoms with Gasteiger partial charge in [-0.25, -0.2) is 9.59 Å². The zero-order chi connectivity index (χ0) is 14.5. The number of hydrogen-bond acceptors (Lipinski definition) is 3. The molecule has 104 valence electrons. The Balaban J connectivity index is 1.93. The lowest BCUT2D eigenvalue weighted by Crippen LogP contribution is -2.29. The van der Waals surface area contributed by atoms with Crippen LogP contribution in [0.2, 0.25) is 0 Å². The zero-order valence-electron chi connectivity index (χ0n) is 10.8. The van der Waals surface area contributed by atoms with Crippen LogP contribution in [0, 0.1) is 0 Å². The fourth-order valence-corrected chi connectivity index (χ4v) is 1.65. The van der Waals surface area contributed by atoms with Crippen molar-refractivity contribution in [3.8, 4) is 0 Å². The summed E-state index contributed by atoms with van der Waals surface area (Å²) in [4.78, 5) is 22.5. The number of carboxylic acids is 1. The molecule has 0 aliphatic rings. The third kappa shape index (κ3) is 3.35. The van der Waals surface area contributed by atoms with E-state index in [1.165, 1.54) is 12.1 Å². The van der Waals surface area contributed by atoms with Crippen LogP contribution >= 0.6 is 0 Å². The fraction of sp³-hybridized carbons (Fsp3) is 0.154. The standard InChI is InChI=1S/C13H14N4O3/c1-17-11(5-6-15-17)8-14-13(20)16-10-4-2-3-9(7-10)12(18)19/h2-7H,8H2,1H3,(H,18,19)(H2,14,16,20). The second-order valence-electron chi connectivity index (χ2n) is 4.14. The van der Waals surface area contributed by atoms with Crippen molar-refractivity contribution in [1.29, 1.82) is 0 Å². The molecule has 0 aliphatic heterocycles. The van der Waals surface area contributed by atoms with Crippen LogP contribution in [0.3, 0.4) is 0 Å². The topological polar surface area (TPSA) is 96.3 Å². The number of amides is 2. The SMILES string of the molecule is Cn1nccc1CNC(=O)Nc1cccc(C(=O)O)c1. The van der Waals surface area contributed by atoms with Gasteiger partial charge in [0.1, 0.15) is 0 Å². The molecule has 0 unspecified atom stereocenters. The Morgan fingerprint density at radius 1 is 1.35 bits per heavy atom. The zero-order valence-corrected chi connectivity index (χ0v) is 10.8. The number of anilines is 1. The highest BCUT2D eigenvalue weighted by molar-refractivity contribution is 5.93. The van der Waals surface area contributed by atoms with Crippen LogP contribution < -0.4 is 10.6 Å². The lowest BCUT2D eigenvalue weighted by Gasteiger charge is -2.08. The van der Waals surface area contributed by atoms with Crippen LogP contribution in [0.5, 0.6) is 0 Å². The minimum Gasteiger partial charge on any atom is -0.478 e. The number of carboxylic acid groups (broad SMARTS) is 1. The van der Waals surface area contributed by atoms with Crippen molar-refractivity contribution in [3.05, 3.63) is 47.8 Å². The minimum atomic E-state index is -1.04. The van der Waals surface area contributed by atoms with E-state index in [1.807, 2.05) is 0 Å². The summed E-state index contributed by atoms with van der Waals surface area (Å²) in [5.41, 5.74) is 1.40. The largest absolute Gasteiger partial charge is 0.478 e. The third-order valence-corrected chi connectivity index (χ3v) is 2.72. The van der Waals surface area contributed by atoms with Gasteiger partial charge in [-0.1, -0.05) is 6.07 Å². The van der Waals surface area contributed by atoms with E-state index >= 15 is 0 Å². The van der Waals surface area contributed by atoms with Crippen molar-refractivity contribution >= 4 is 17.7 Å².